The second-order valence-electron chi connectivity index (χ2n) is 5.45. The number of hydrogen-bond acceptors (Lipinski definition) is 3. The van der Waals surface area contributed by atoms with Gasteiger partial charge in [-0.1, -0.05) is 6.07 Å². The van der Waals surface area contributed by atoms with Crippen LogP contribution in [0, 0.1) is 0 Å². The number of anilines is 1. The lowest BCUT2D eigenvalue weighted by molar-refractivity contribution is -0.116. The summed E-state index contributed by atoms with van der Waals surface area (Å²) in [5.41, 5.74) is 0.926. The Hall–Kier alpha value is -2.89. The minimum Gasteiger partial charge on any atom is -0.351 e. The fourth-order valence-electron chi connectivity index (χ4n) is 2.38. The van der Waals surface area contributed by atoms with Gasteiger partial charge in [-0.25, -0.2) is 0 Å². The summed E-state index contributed by atoms with van der Waals surface area (Å²) in [6.45, 7) is 2.59. The zero-order valence-electron chi connectivity index (χ0n) is 13.0. The summed E-state index contributed by atoms with van der Waals surface area (Å²) >= 11 is 0. The summed E-state index contributed by atoms with van der Waals surface area (Å²) < 4.78 is 3.77. The van der Waals surface area contributed by atoms with Gasteiger partial charge in [0.25, 0.3) is 0 Å². The lowest BCUT2D eigenvalue weighted by Crippen LogP contribution is -2.17. The Morgan fingerprint density at radius 1 is 1.17 bits per heavy atom. The molecular weight excluding hydrogens is 290 g/mol. The zero-order valence-corrected chi connectivity index (χ0v) is 13.0. The second kappa shape index (κ2) is 6.91. The predicted octanol–water partition coefficient (Wildman–Crippen LogP) is 2.72. The van der Waals surface area contributed by atoms with Gasteiger partial charge in [0, 0.05) is 43.3 Å². The minimum atomic E-state index is -0.0470. The highest BCUT2D eigenvalue weighted by atomic mass is 16.1. The van der Waals surface area contributed by atoms with Gasteiger partial charge in [-0.15, -0.1) is 0 Å². The van der Waals surface area contributed by atoms with E-state index in [0.717, 1.165) is 5.69 Å². The fraction of sp³-hybridized carbons (Fsp3) is 0.235. The van der Waals surface area contributed by atoms with Crippen molar-refractivity contribution in [1.82, 2.24) is 19.3 Å². The number of aromatic nitrogens is 4. The molecule has 0 bridgehead atoms. The molecule has 3 rings (SSSR count). The summed E-state index contributed by atoms with van der Waals surface area (Å²) in [4.78, 5) is 16.4. The molecule has 0 saturated heterocycles. The number of nitrogens with one attached hydrogen (secondary N) is 1. The van der Waals surface area contributed by atoms with Crippen LogP contribution in [0.25, 0.3) is 0 Å². The van der Waals surface area contributed by atoms with Crippen LogP contribution in [-0.4, -0.2) is 25.2 Å². The maximum Gasteiger partial charge on any atom is 0.227 e. The molecule has 1 amide bonds. The number of rotatable bonds is 6. The van der Waals surface area contributed by atoms with Crippen LogP contribution in [0.5, 0.6) is 0 Å². The van der Waals surface area contributed by atoms with Crippen molar-refractivity contribution in [2.24, 2.45) is 0 Å². The largest absolute Gasteiger partial charge is 0.351 e. The number of hydrogen-bond donors (Lipinski definition) is 1. The Bertz CT molecular complexity index is 748. The van der Waals surface area contributed by atoms with Crippen LogP contribution in [0.15, 0.2) is 61.2 Å². The predicted molar refractivity (Wildman–Crippen MR) is 88.0 cm³/mol. The van der Waals surface area contributed by atoms with Crippen LogP contribution in [0.1, 0.15) is 25.1 Å². The van der Waals surface area contributed by atoms with E-state index in [1.807, 2.05) is 60.4 Å². The first-order chi connectivity index (χ1) is 11.2. The molecule has 0 saturated carbocycles. The van der Waals surface area contributed by atoms with Crippen molar-refractivity contribution in [3.8, 4) is 0 Å². The molecule has 0 unspecified atom stereocenters. The third kappa shape index (κ3) is 4.06. The monoisotopic (exact) mass is 309 g/mol. The molecule has 118 valence electrons. The van der Waals surface area contributed by atoms with E-state index in [4.69, 9.17) is 0 Å². The van der Waals surface area contributed by atoms with Crippen LogP contribution in [0.4, 0.5) is 5.82 Å². The average molecular weight is 309 g/mol. The van der Waals surface area contributed by atoms with Crippen LogP contribution in [-0.2, 0) is 11.3 Å². The summed E-state index contributed by atoms with van der Waals surface area (Å²) in [5.74, 6) is 0.514. The van der Waals surface area contributed by atoms with Crippen molar-refractivity contribution in [1.29, 1.82) is 0 Å². The van der Waals surface area contributed by atoms with Gasteiger partial charge in [-0.2, -0.15) is 5.10 Å². The molecule has 3 aromatic heterocycles. The normalized spacial score (nSPS) is 12.0. The Morgan fingerprint density at radius 2 is 2.00 bits per heavy atom. The van der Waals surface area contributed by atoms with Gasteiger partial charge in [0.1, 0.15) is 0 Å². The van der Waals surface area contributed by atoms with Crippen LogP contribution in [0.2, 0.25) is 0 Å². The van der Waals surface area contributed by atoms with Crippen molar-refractivity contribution in [3.05, 3.63) is 66.9 Å². The molecule has 3 aromatic rings. The van der Waals surface area contributed by atoms with E-state index in [2.05, 4.69) is 15.4 Å². The Labute approximate surface area is 134 Å². The molecule has 0 aliphatic carbocycles. The van der Waals surface area contributed by atoms with E-state index < -0.39 is 0 Å². The van der Waals surface area contributed by atoms with Crippen molar-refractivity contribution >= 4 is 11.7 Å². The van der Waals surface area contributed by atoms with E-state index in [-0.39, 0.29) is 11.9 Å². The summed E-state index contributed by atoms with van der Waals surface area (Å²) in [6.07, 6.45) is 7.91. The summed E-state index contributed by atoms with van der Waals surface area (Å²) in [5, 5.41) is 7.19. The first-order valence-corrected chi connectivity index (χ1v) is 7.56. The molecule has 0 fully saturated rings. The molecule has 1 atom stereocenters. The van der Waals surface area contributed by atoms with Gasteiger partial charge >= 0.3 is 0 Å². The van der Waals surface area contributed by atoms with Crippen LogP contribution >= 0.6 is 0 Å². The molecule has 6 heteroatoms. The smallest absolute Gasteiger partial charge is 0.227 e. The van der Waals surface area contributed by atoms with E-state index >= 15 is 0 Å². The minimum absolute atomic E-state index is 0.0470. The van der Waals surface area contributed by atoms with Crippen molar-refractivity contribution < 1.29 is 4.79 Å². The van der Waals surface area contributed by atoms with Gasteiger partial charge in [0.15, 0.2) is 5.82 Å². The molecule has 0 aromatic carbocycles. The highest BCUT2D eigenvalue weighted by molar-refractivity contribution is 5.89. The SMILES string of the molecule is C[C@H](CC(=O)Nc1ccn(Cc2ccccn2)n1)n1cccc1. The van der Waals surface area contributed by atoms with Crippen molar-refractivity contribution in [2.75, 3.05) is 5.32 Å². The maximum absolute atomic E-state index is 12.1. The molecule has 0 radical (unpaired) electrons. The van der Waals surface area contributed by atoms with E-state index in [0.29, 0.717) is 18.8 Å². The van der Waals surface area contributed by atoms with E-state index in [9.17, 15) is 4.79 Å². The topological polar surface area (TPSA) is 64.7 Å². The Balaban J connectivity index is 1.55. The van der Waals surface area contributed by atoms with E-state index in [1.165, 1.54) is 0 Å². The van der Waals surface area contributed by atoms with Crippen molar-refractivity contribution in [2.45, 2.75) is 25.9 Å². The van der Waals surface area contributed by atoms with Gasteiger partial charge in [-0.3, -0.25) is 14.5 Å². The highest BCUT2D eigenvalue weighted by Gasteiger charge is 2.11. The van der Waals surface area contributed by atoms with Gasteiger partial charge < -0.3 is 9.88 Å². The lowest BCUT2D eigenvalue weighted by atomic mass is 10.2. The zero-order chi connectivity index (χ0) is 16.1. The van der Waals surface area contributed by atoms with Crippen molar-refractivity contribution in [3.63, 3.8) is 0 Å². The number of amides is 1. The number of nitrogens with zero attached hydrogens (tertiary/aromatic N) is 4. The quantitative estimate of drug-likeness (QED) is 0.761. The molecule has 1 N–H and O–H groups in total. The third-order valence-corrected chi connectivity index (χ3v) is 3.58. The summed E-state index contributed by atoms with van der Waals surface area (Å²) in [7, 11) is 0. The molecule has 23 heavy (non-hydrogen) atoms. The molecule has 0 aliphatic heterocycles. The number of carbonyl (C=O) groups is 1. The van der Waals surface area contributed by atoms with Gasteiger partial charge in [-0.05, 0) is 31.2 Å². The van der Waals surface area contributed by atoms with Gasteiger partial charge in [0.2, 0.25) is 5.91 Å². The number of carbonyl (C=O) groups excluding carboxylic acids is 1. The molecule has 3 heterocycles. The molecule has 6 nitrogen and oxygen atoms in total. The second-order valence-corrected chi connectivity index (χ2v) is 5.45. The first kappa shape index (κ1) is 15.0. The molecule has 0 spiro atoms. The van der Waals surface area contributed by atoms with Crippen LogP contribution in [0.3, 0.4) is 0 Å². The lowest BCUT2D eigenvalue weighted by Gasteiger charge is -2.12. The standard InChI is InChI=1S/C17H19N5O/c1-14(21-9-4-5-10-21)12-17(23)19-16-7-11-22(20-16)13-15-6-2-3-8-18-15/h2-11,14H,12-13H2,1H3,(H,19,20,23)/t14-/m1/s1. The Kier molecular flexibility index (Phi) is 4.52. The van der Waals surface area contributed by atoms with Gasteiger partial charge in [0.05, 0.1) is 12.2 Å². The van der Waals surface area contributed by atoms with E-state index in [1.54, 1.807) is 16.9 Å². The number of pyridine rings is 1. The first-order valence-electron chi connectivity index (χ1n) is 7.56. The average Bonchev–Trinajstić information content (AvgIpc) is 3.20. The van der Waals surface area contributed by atoms with Crippen LogP contribution < -0.4 is 5.32 Å². The Morgan fingerprint density at radius 3 is 2.74 bits per heavy atom. The highest BCUT2D eigenvalue weighted by Crippen LogP contribution is 2.12. The maximum atomic E-state index is 12.1. The molecule has 0 aliphatic rings. The summed E-state index contributed by atoms with van der Waals surface area (Å²) in [6, 6.07) is 11.6. The fourth-order valence-corrected chi connectivity index (χ4v) is 2.38. The molecular formula is C17H19N5O. The third-order valence-electron chi connectivity index (χ3n) is 3.58.